The van der Waals surface area contributed by atoms with Crippen LogP contribution in [0.3, 0.4) is 0 Å². The van der Waals surface area contributed by atoms with Crippen molar-refractivity contribution in [3.8, 4) is 0 Å². The summed E-state index contributed by atoms with van der Waals surface area (Å²) < 4.78 is 0. The highest BCUT2D eigenvalue weighted by molar-refractivity contribution is 6.09. The average molecular weight is 185 g/mol. The minimum atomic E-state index is 0.0931. The van der Waals surface area contributed by atoms with Crippen molar-refractivity contribution in [3.05, 3.63) is 30.3 Å². The molecule has 6 fully saturated rings. The summed E-state index contributed by atoms with van der Waals surface area (Å²) in [6, 6.07) is 10.1. The molecule has 0 N–H and O–H groups in total. The molecule has 2 nitrogen and oxygen atoms in total. The quantitative estimate of drug-likeness (QED) is 0.655. The first-order valence-corrected chi connectivity index (χ1v) is 5.16. The van der Waals surface area contributed by atoms with E-state index in [2.05, 4.69) is 0 Å². The van der Waals surface area contributed by atoms with Crippen LogP contribution in [-0.2, 0) is 4.79 Å². The molecule has 3 heterocycles. The highest BCUT2D eigenvalue weighted by Gasteiger charge is 2.82. The van der Waals surface area contributed by atoms with E-state index < -0.39 is 0 Å². The van der Waals surface area contributed by atoms with Gasteiger partial charge in [-0.05, 0) is 31.4 Å². The number of amides is 1. The molecule has 0 radical (unpaired) electrons. The summed E-state index contributed by atoms with van der Waals surface area (Å²) in [6.45, 7) is 0. The number of hydrogen-bond acceptors (Lipinski definition) is 1. The van der Waals surface area contributed by atoms with Gasteiger partial charge in [-0.2, -0.15) is 0 Å². The van der Waals surface area contributed by atoms with Gasteiger partial charge in [-0.15, -0.1) is 0 Å². The first-order chi connectivity index (χ1) is 6.76. The Morgan fingerprint density at radius 1 is 1.07 bits per heavy atom. The minimum Gasteiger partial charge on any atom is -0.306 e. The van der Waals surface area contributed by atoms with E-state index in [1.165, 1.54) is 0 Å². The molecule has 6 aliphatic rings. The van der Waals surface area contributed by atoms with Crippen molar-refractivity contribution in [1.29, 1.82) is 0 Å². The number of rotatable bonds is 1. The van der Waals surface area contributed by atoms with Crippen LogP contribution < -0.4 is 4.90 Å². The van der Waals surface area contributed by atoms with Crippen LogP contribution in [-0.4, -0.2) is 11.4 Å². The first-order valence-electron chi connectivity index (χ1n) is 5.16. The fourth-order valence-corrected chi connectivity index (χ4v) is 3.62. The summed E-state index contributed by atoms with van der Waals surface area (Å²) in [5.41, 5.74) is 1.43. The third kappa shape index (κ3) is 0.503. The predicted octanol–water partition coefficient (Wildman–Crippen LogP) is 1.96. The molecular formula is C12H11NO. The topological polar surface area (TPSA) is 20.3 Å². The van der Waals surface area contributed by atoms with Gasteiger partial charge in [0.15, 0.2) is 0 Å². The molecule has 0 spiro atoms. The summed E-state index contributed by atoms with van der Waals surface area (Å²) >= 11 is 0. The Labute approximate surface area is 82.5 Å². The lowest BCUT2D eigenvalue weighted by Gasteiger charge is -2.60. The van der Waals surface area contributed by atoms with Crippen LogP contribution in [0.15, 0.2) is 30.3 Å². The molecule has 7 rings (SSSR count). The number of benzene rings is 1. The zero-order valence-corrected chi connectivity index (χ0v) is 7.86. The third-order valence-electron chi connectivity index (χ3n) is 4.15. The van der Waals surface area contributed by atoms with Gasteiger partial charge >= 0.3 is 0 Å². The van der Waals surface area contributed by atoms with Crippen molar-refractivity contribution in [2.45, 2.75) is 24.8 Å². The lowest BCUT2D eigenvalue weighted by molar-refractivity contribution is -0.136. The maximum Gasteiger partial charge on any atom is 0.233 e. The van der Waals surface area contributed by atoms with E-state index in [9.17, 15) is 4.79 Å². The van der Waals surface area contributed by atoms with Crippen molar-refractivity contribution in [3.63, 3.8) is 0 Å². The Kier molecular flexibility index (Phi) is 0.877. The highest BCUT2D eigenvalue weighted by Crippen LogP contribution is 2.77. The molecule has 14 heavy (non-hydrogen) atoms. The molecule has 0 atom stereocenters. The van der Waals surface area contributed by atoms with Crippen LogP contribution in [0, 0.1) is 5.41 Å². The highest BCUT2D eigenvalue weighted by atomic mass is 16.2. The van der Waals surface area contributed by atoms with Gasteiger partial charge in [0.2, 0.25) is 5.91 Å². The number of para-hydroxylation sites is 1. The molecule has 2 heteroatoms. The van der Waals surface area contributed by atoms with Gasteiger partial charge in [-0.3, -0.25) is 4.79 Å². The van der Waals surface area contributed by atoms with Crippen molar-refractivity contribution in [1.82, 2.24) is 0 Å². The van der Waals surface area contributed by atoms with E-state index in [0.29, 0.717) is 5.91 Å². The predicted molar refractivity (Wildman–Crippen MR) is 52.9 cm³/mol. The van der Waals surface area contributed by atoms with Gasteiger partial charge in [0.25, 0.3) is 0 Å². The summed E-state index contributed by atoms with van der Waals surface area (Å²) in [7, 11) is 0. The molecule has 2 bridgehead atoms. The Hall–Kier alpha value is -1.31. The fourth-order valence-electron chi connectivity index (χ4n) is 3.62. The molecule has 1 aromatic carbocycles. The molecule has 3 aliphatic carbocycles. The molecule has 3 saturated heterocycles. The Morgan fingerprint density at radius 3 is 2.21 bits per heavy atom. The summed E-state index contributed by atoms with van der Waals surface area (Å²) in [6.07, 6.45) is 3.36. The standard InChI is InChI=1S/C12H11NO/c14-10-11-6-12(7-11,8-11)13(10)9-4-2-1-3-5-9/h1-5H,6-8H2. The largest absolute Gasteiger partial charge is 0.306 e. The molecular weight excluding hydrogens is 174 g/mol. The number of hydrogen-bond donors (Lipinski definition) is 0. The summed E-state index contributed by atoms with van der Waals surface area (Å²) in [5, 5.41) is 0. The molecule has 1 amide bonds. The van der Waals surface area contributed by atoms with Crippen molar-refractivity contribution in [2.24, 2.45) is 5.41 Å². The Bertz CT molecular complexity index is 417. The number of carbonyl (C=O) groups excluding carboxylic acids is 1. The molecule has 0 unspecified atom stereocenters. The lowest BCUT2D eigenvalue weighted by Crippen LogP contribution is -2.63. The number of carbonyl (C=O) groups is 1. The van der Waals surface area contributed by atoms with Crippen LogP contribution in [0.5, 0.6) is 0 Å². The molecule has 0 aromatic heterocycles. The van der Waals surface area contributed by atoms with E-state index in [1.807, 2.05) is 35.2 Å². The Balaban J connectivity index is 1.85. The smallest absolute Gasteiger partial charge is 0.233 e. The van der Waals surface area contributed by atoms with Gasteiger partial charge < -0.3 is 4.90 Å². The van der Waals surface area contributed by atoms with Gasteiger partial charge in [-0.25, -0.2) is 0 Å². The fraction of sp³-hybridized carbons (Fsp3) is 0.417. The maximum absolute atomic E-state index is 12.0. The summed E-state index contributed by atoms with van der Waals surface area (Å²) in [5.74, 6) is 0.378. The SMILES string of the molecule is O=C1N(c2ccccc2)C23CC1(C2)C3. The summed E-state index contributed by atoms with van der Waals surface area (Å²) in [4.78, 5) is 14.1. The number of nitrogens with zero attached hydrogens (tertiary/aromatic N) is 1. The minimum absolute atomic E-state index is 0.0931. The Morgan fingerprint density at radius 2 is 1.71 bits per heavy atom. The molecule has 3 saturated carbocycles. The zero-order chi connectivity index (χ0) is 9.39. The molecule has 1 aromatic rings. The van der Waals surface area contributed by atoms with Gasteiger partial charge in [0.05, 0.1) is 11.0 Å². The third-order valence-corrected chi connectivity index (χ3v) is 4.15. The van der Waals surface area contributed by atoms with Gasteiger partial charge in [-0.1, -0.05) is 18.2 Å². The van der Waals surface area contributed by atoms with Gasteiger partial charge in [0, 0.05) is 5.69 Å². The van der Waals surface area contributed by atoms with Crippen LogP contribution in [0.1, 0.15) is 19.3 Å². The average Bonchev–Trinajstić information content (AvgIpc) is 2.57. The maximum atomic E-state index is 12.0. The van der Waals surface area contributed by atoms with Crippen LogP contribution in [0.4, 0.5) is 5.69 Å². The number of anilines is 1. The van der Waals surface area contributed by atoms with E-state index in [0.717, 1.165) is 24.9 Å². The first kappa shape index (κ1) is 7.04. The van der Waals surface area contributed by atoms with Crippen LogP contribution in [0.2, 0.25) is 0 Å². The normalized spacial score (nSPS) is 42.0. The van der Waals surface area contributed by atoms with E-state index in [-0.39, 0.29) is 11.0 Å². The second kappa shape index (κ2) is 1.74. The molecule has 3 aliphatic heterocycles. The van der Waals surface area contributed by atoms with E-state index >= 15 is 0 Å². The van der Waals surface area contributed by atoms with Crippen molar-refractivity contribution < 1.29 is 4.79 Å². The molecule has 70 valence electrons. The zero-order valence-electron chi connectivity index (χ0n) is 7.86. The van der Waals surface area contributed by atoms with E-state index in [1.54, 1.807) is 0 Å². The second-order valence-corrected chi connectivity index (χ2v) is 5.01. The lowest BCUT2D eigenvalue weighted by atomic mass is 9.43. The van der Waals surface area contributed by atoms with Gasteiger partial charge in [0.1, 0.15) is 0 Å². The monoisotopic (exact) mass is 185 g/mol. The van der Waals surface area contributed by atoms with E-state index in [4.69, 9.17) is 0 Å². The van der Waals surface area contributed by atoms with Crippen molar-refractivity contribution in [2.75, 3.05) is 4.90 Å². The second-order valence-electron chi connectivity index (χ2n) is 5.01. The van der Waals surface area contributed by atoms with Crippen molar-refractivity contribution >= 4 is 11.6 Å². The van der Waals surface area contributed by atoms with Crippen LogP contribution in [0.25, 0.3) is 0 Å². The van der Waals surface area contributed by atoms with Crippen LogP contribution >= 0.6 is 0 Å².